The van der Waals surface area contributed by atoms with Gasteiger partial charge in [0, 0.05) is 32.7 Å². The second-order valence-corrected chi connectivity index (χ2v) is 7.72. The van der Waals surface area contributed by atoms with Crippen molar-refractivity contribution in [3.05, 3.63) is 29.8 Å². The lowest BCUT2D eigenvalue weighted by atomic mass is 10.1. The molecule has 1 saturated heterocycles. The Morgan fingerprint density at radius 2 is 1.74 bits per heavy atom. The highest BCUT2D eigenvalue weighted by atomic mass is 32.2. The van der Waals surface area contributed by atoms with Crippen LogP contribution in [0.2, 0.25) is 0 Å². The molecule has 0 bridgehead atoms. The molecule has 1 aliphatic heterocycles. The van der Waals surface area contributed by atoms with E-state index in [0.717, 1.165) is 18.4 Å². The lowest BCUT2D eigenvalue weighted by Gasteiger charge is -2.33. The summed E-state index contributed by atoms with van der Waals surface area (Å²) in [6.45, 7) is 4.50. The summed E-state index contributed by atoms with van der Waals surface area (Å²) in [5.41, 5.74) is 1.14. The quantitative estimate of drug-likeness (QED) is 0.812. The van der Waals surface area contributed by atoms with Crippen molar-refractivity contribution in [2.45, 2.75) is 31.1 Å². The molecule has 1 N–H and O–H groups in total. The number of nitrogens with zero attached hydrogens (tertiary/aromatic N) is 2. The fourth-order valence-corrected chi connectivity index (χ4v) is 4.14. The van der Waals surface area contributed by atoms with Crippen molar-refractivity contribution >= 4 is 16.0 Å². The highest BCUT2D eigenvalue weighted by molar-refractivity contribution is 7.89. The molecule has 0 radical (unpaired) electrons. The molecule has 1 aromatic rings. The molecule has 128 valence electrons. The van der Waals surface area contributed by atoms with E-state index in [2.05, 4.69) is 6.92 Å². The van der Waals surface area contributed by atoms with E-state index in [1.807, 2.05) is 17.0 Å². The molecule has 7 heteroatoms. The third kappa shape index (κ3) is 4.76. The third-order valence-electron chi connectivity index (χ3n) is 4.07. The van der Waals surface area contributed by atoms with Gasteiger partial charge in [-0.1, -0.05) is 25.5 Å². The number of carboxylic acid groups (broad SMARTS) is 1. The van der Waals surface area contributed by atoms with Crippen LogP contribution in [0, 0.1) is 0 Å². The van der Waals surface area contributed by atoms with E-state index in [-0.39, 0.29) is 6.42 Å². The average molecular weight is 340 g/mol. The SMILES string of the molecule is CCCc1ccc(S(=O)(=O)N2CCN(CCC(=O)O)CC2)cc1. The van der Waals surface area contributed by atoms with E-state index in [0.29, 0.717) is 37.6 Å². The Hall–Kier alpha value is -1.44. The van der Waals surface area contributed by atoms with Gasteiger partial charge in [0.2, 0.25) is 10.0 Å². The first kappa shape index (κ1) is 17.9. The van der Waals surface area contributed by atoms with Crippen LogP contribution in [0.4, 0.5) is 0 Å². The summed E-state index contributed by atoms with van der Waals surface area (Å²) in [6, 6.07) is 7.10. The zero-order valence-corrected chi connectivity index (χ0v) is 14.3. The van der Waals surface area contributed by atoms with Crippen molar-refractivity contribution in [3.8, 4) is 0 Å². The zero-order valence-electron chi connectivity index (χ0n) is 13.4. The molecule has 1 aromatic carbocycles. The van der Waals surface area contributed by atoms with Gasteiger partial charge in [0.25, 0.3) is 0 Å². The highest BCUT2D eigenvalue weighted by Gasteiger charge is 2.28. The van der Waals surface area contributed by atoms with Crippen LogP contribution in [0.25, 0.3) is 0 Å². The van der Waals surface area contributed by atoms with Gasteiger partial charge in [0.1, 0.15) is 0 Å². The first-order valence-corrected chi connectivity index (χ1v) is 9.40. The maximum Gasteiger partial charge on any atom is 0.304 e. The maximum absolute atomic E-state index is 12.6. The van der Waals surface area contributed by atoms with Crippen molar-refractivity contribution in [1.82, 2.24) is 9.21 Å². The van der Waals surface area contributed by atoms with E-state index in [1.54, 1.807) is 12.1 Å². The summed E-state index contributed by atoms with van der Waals surface area (Å²) >= 11 is 0. The van der Waals surface area contributed by atoms with E-state index < -0.39 is 16.0 Å². The van der Waals surface area contributed by atoms with E-state index >= 15 is 0 Å². The molecule has 6 nitrogen and oxygen atoms in total. The van der Waals surface area contributed by atoms with Gasteiger partial charge in [-0.2, -0.15) is 4.31 Å². The van der Waals surface area contributed by atoms with Crippen LogP contribution in [-0.2, 0) is 21.2 Å². The van der Waals surface area contributed by atoms with Crippen LogP contribution < -0.4 is 0 Å². The molecule has 0 saturated carbocycles. The molecule has 0 amide bonds. The Morgan fingerprint density at radius 1 is 1.13 bits per heavy atom. The van der Waals surface area contributed by atoms with Crippen molar-refractivity contribution in [3.63, 3.8) is 0 Å². The summed E-state index contributed by atoms with van der Waals surface area (Å²) in [7, 11) is -3.46. The van der Waals surface area contributed by atoms with Gasteiger partial charge < -0.3 is 10.0 Å². The number of carbonyl (C=O) groups is 1. The third-order valence-corrected chi connectivity index (χ3v) is 5.99. The minimum absolute atomic E-state index is 0.0889. The Labute approximate surface area is 137 Å². The molecule has 0 unspecified atom stereocenters. The van der Waals surface area contributed by atoms with Gasteiger partial charge in [-0.05, 0) is 24.1 Å². The standard InChI is InChI=1S/C16H24N2O4S/c1-2-3-14-4-6-15(7-5-14)23(21,22)18-12-10-17(11-13-18)9-8-16(19)20/h4-7H,2-3,8-13H2,1H3,(H,19,20). The normalized spacial score (nSPS) is 17.3. The van der Waals surface area contributed by atoms with Gasteiger partial charge >= 0.3 is 5.97 Å². The number of rotatable bonds is 7. The number of hydrogen-bond donors (Lipinski definition) is 1. The zero-order chi connectivity index (χ0) is 16.9. The van der Waals surface area contributed by atoms with Gasteiger partial charge in [-0.3, -0.25) is 4.79 Å². The topological polar surface area (TPSA) is 77.9 Å². The molecule has 23 heavy (non-hydrogen) atoms. The lowest BCUT2D eigenvalue weighted by Crippen LogP contribution is -2.48. The Bertz CT molecular complexity index is 620. The van der Waals surface area contributed by atoms with Crippen molar-refractivity contribution in [2.24, 2.45) is 0 Å². The van der Waals surface area contributed by atoms with Crippen molar-refractivity contribution < 1.29 is 18.3 Å². The summed E-state index contributed by atoms with van der Waals surface area (Å²) in [6.07, 6.45) is 2.07. The fraction of sp³-hybridized carbons (Fsp3) is 0.562. The minimum atomic E-state index is -3.46. The molecule has 0 atom stereocenters. The Kier molecular flexibility index (Phi) is 6.15. The molecular weight excluding hydrogens is 316 g/mol. The van der Waals surface area contributed by atoms with Crippen LogP contribution in [0.3, 0.4) is 0 Å². The molecule has 1 heterocycles. The Morgan fingerprint density at radius 3 is 2.26 bits per heavy atom. The first-order chi connectivity index (χ1) is 10.9. The van der Waals surface area contributed by atoms with E-state index in [1.165, 1.54) is 4.31 Å². The number of aryl methyl sites for hydroxylation is 1. The predicted molar refractivity (Wildman–Crippen MR) is 87.9 cm³/mol. The molecular formula is C16H24N2O4S. The number of aliphatic carboxylic acids is 1. The highest BCUT2D eigenvalue weighted by Crippen LogP contribution is 2.19. The lowest BCUT2D eigenvalue weighted by molar-refractivity contribution is -0.137. The second-order valence-electron chi connectivity index (χ2n) is 5.78. The van der Waals surface area contributed by atoms with Gasteiger partial charge in [0.05, 0.1) is 11.3 Å². The van der Waals surface area contributed by atoms with Gasteiger partial charge in [-0.15, -0.1) is 0 Å². The van der Waals surface area contributed by atoms with Crippen molar-refractivity contribution in [1.29, 1.82) is 0 Å². The number of benzene rings is 1. The largest absolute Gasteiger partial charge is 0.481 e. The number of piperazine rings is 1. The smallest absolute Gasteiger partial charge is 0.304 e. The van der Waals surface area contributed by atoms with Gasteiger partial charge in [-0.25, -0.2) is 8.42 Å². The summed E-state index contributed by atoms with van der Waals surface area (Å²) < 4.78 is 26.8. The molecule has 2 rings (SSSR count). The monoisotopic (exact) mass is 340 g/mol. The molecule has 1 aliphatic rings. The fourth-order valence-electron chi connectivity index (χ4n) is 2.71. The van der Waals surface area contributed by atoms with E-state index in [4.69, 9.17) is 5.11 Å². The summed E-state index contributed by atoms with van der Waals surface area (Å²) in [5, 5.41) is 8.70. The van der Waals surface area contributed by atoms with Crippen LogP contribution in [-0.4, -0.2) is 61.4 Å². The maximum atomic E-state index is 12.6. The van der Waals surface area contributed by atoms with Crippen molar-refractivity contribution in [2.75, 3.05) is 32.7 Å². The summed E-state index contributed by atoms with van der Waals surface area (Å²) in [4.78, 5) is 12.9. The molecule has 0 aromatic heterocycles. The summed E-state index contributed by atoms with van der Waals surface area (Å²) in [5.74, 6) is -0.827. The average Bonchev–Trinajstić information content (AvgIpc) is 2.54. The Balaban J connectivity index is 1.97. The number of sulfonamides is 1. The van der Waals surface area contributed by atoms with Crippen LogP contribution in [0.1, 0.15) is 25.3 Å². The van der Waals surface area contributed by atoms with E-state index in [9.17, 15) is 13.2 Å². The van der Waals surface area contributed by atoms with Crippen LogP contribution in [0.5, 0.6) is 0 Å². The van der Waals surface area contributed by atoms with Crippen LogP contribution >= 0.6 is 0 Å². The molecule has 1 fully saturated rings. The predicted octanol–water partition coefficient (Wildman–Crippen LogP) is 1.42. The minimum Gasteiger partial charge on any atom is -0.481 e. The van der Waals surface area contributed by atoms with Gasteiger partial charge in [0.15, 0.2) is 0 Å². The second kappa shape index (κ2) is 7.90. The first-order valence-electron chi connectivity index (χ1n) is 7.96. The van der Waals surface area contributed by atoms with Crippen LogP contribution in [0.15, 0.2) is 29.2 Å². The molecule has 0 aliphatic carbocycles. The molecule has 0 spiro atoms. The number of hydrogen-bond acceptors (Lipinski definition) is 4. The number of carboxylic acids is 1.